The maximum atomic E-state index is 11.7. The van der Waals surface area contributed by atoms with Gasteiger partial charge in [-0.15, -0.1) is 0 Å². The fourth-order valence-electron chi connectivity index (χ4n) is 2.50. The fraction of sp³-hybridized carbons (Fsp3) is 0.174. The van der Waals surface area contributed by atoms with Crippen molar-refractivity contribution in [2.45, 2.75) is 30.9 Å². The van der Waals surface area contributed by atoms with E-state index in [1.54, 1.807) is 12.1 Å². The Morgan fingerprint density at radius 3 is 2.00 bits per heavy atom. The Hall–Kier alpha value is -3.00. The van der Waals surface area contributed by atoms with Gasteiger partial charge in [0.05, 0.1) is 11.3 Å². The lowest BCUT2D eigenvalue weighted by molar-refractivity contribution is -0.145. The summed E-state index contributed by atoms with van der Waals surface area (Å²) in [6, 6.07) is 24.8. The summed E-state index contributed by atoms with van der Waals surface area (Å²) >= 11 is 0. The molecule has 3 N–H and O–H groups in total. The number of carbonyl (C=O) groups excluding carboxylic acids is 1. The van der Waals surface area contributed by atoms with E-state index in [2.05, 4.69) is 0 Å². The van der Waals surface area contributed by atoms with Gasteiger partial charge in [-0.2, -0.15) is 8.42 Å². The van der Waals surface area contributed by atoms with Gasteiger partial charge in [-0.25, -0.2) is 0 Å². The fourth-order valence-corrected chi connectivity index (χ4v) is 2.98. The second kappa shape index (κ2) is 11.3. The van der Waals surface area contributed by atoms with Gasteiger partial charge in [-0.05, 0) is 30.2 Å². The average molecular weight is 428 g/mol. The summed E-state index contributed by atoms with van der Waals surface area (Å²) < 4.78 is 34.8. The van der Waals surface area contributed by atoms with Crippen molar-refractivity contribution in [3.8, 4) is 0 Å². The minimum atomic E-state index is -4.02. The first-order chi connectivity index (χ1) is 14.3. The van der Waals surface area contributed by atoms with Crippen LogP contribution in [0.4, 0.5) is 0 Å². The normalized spacial score (nSPS) is 11.7. The third-order valence-electron chi connectivity index (χ3n) is 4.18. The van der Waals surface area contributed by atoms with Crippen LogP contribution in [0.2, 0.25) is 0 Å². The van der Waals surface area contributed by atoms with Crippen molar-refractivity contribution in [1.82, 2.24) is 0 Å². The van der Waals surface area contributed by atoms with E-state index in [0.29, 0.717) is 6.61 Å². The van der Waals surface area contributed by atoms with E-state index in [4.69, 9.17) is 15.0 Å². The molecule has 3 rings (SSSR count). The second-order valence-corrected chi connectivity index (χ2v) is 8.08. The Labute approximate surface area is 177 Å². The Balaban J connectivity index is 0.000000248. The molecular formula is C23H25NO5S. The SMILES string of the molecule is Cc1ccc(S(=O)(=O)O)cc1.NC(CC(=O)OCc1ccccc1)c1ccccc1. The lowest BCUT2D eigenvalue weighted by atomic mass is 10.1. The van der Waals surface area contributed by atoms with Gasteiger partial charge in [0, 0.05) is 6.04 Å². The molecule has 0 saturated carbocycles. The lowest BCUT2D eigenvalue weighted by Crippen LogP contribution is -2.17. The first-order valence-corrected chi connectivity index (χ1v) is 10.7. The van der Waals surface area contributed by atoms with Gasteiger partial charge in [0.25, 0.3) is 10.1 Å². The number of rotatable bonds is 6. The van der Waals surface area contributed by atoms with Gasteiger partial charge in [0.15, 0.2) is 0 Å². The lowest BCUT2D eigenvalue weighted by Gasteiger charge is -2.11. The average Bonchev–Trinajstić information content (AvgIpc) is 2.74. The van der Waals surface area contributed by atoms with E-state index in [1.165, 1.54) is 12.1 Å². The molecule has 3 aromatic carbocycles. The van der Waals surface area contributed by atoms with Crippen LogP contribution in [0.5, 0.6) is 0 Å². The first-order valence-electron chi connectivity index (χ1n) is 9.30. The van der Waals surface area contributed by atoms with Gasteiger partial charge in [0.1, 0.15) is 6.61 Å². The summed E-state index contributed by atoms with van der Waals surface area (Å²) in [5.41, 5.74) is 8.84. The number of esters is 1. The zero-order chi connectivity index (χ0) is 22.0. The van der Waals surface area contributed by atoms with Crippen molar-refractivity contribution in [3.63, 3.8) is 0 Å². The van der Waals surface area contributed by atoms with Gasteiger partial charge in [-0.3, -0.25) is 9.35 Å². The summed E-state index contributed by atoms with van der Waals surface area (Å²) in [6.07, 6.45) is 0.191. The highest BCUT2D eigenvalue weighted by atomic mass is 32.2. The highest BCUT2D eigenvalue weighted by molar-refractivity contribution is 7.85. The maximum Gasteiger partial charge on any atom is 0.308 e. The number of benzene rings is 3. The summed E-state index contributed by atoms with van der Waals surface area (Å²) in [4.78, 5) is 11.6. The van der Waals surface area contributed by atoms with Crippen molar-refractivity contribution in [1.29, 1.82) is 0 Å². The summed E-state index contributed by atoms with van der Waals surface area (Å²) in [7, 11) is -4.02. The molecule has 0 spiro atoms. The van der Waals surface area contributed by atoms with Crippen LogP contribution >= 0.6 is 0 Å². The van der Waals surface area contributed by atoms with Crippen molar-refractivity contribution < 1.29 is 22.5 Å². The minimum absolute atomic E-state index is 0.0666. The molecule has 0 amide bonds. The molecule has 0 aliphatic carbocycles. The summed E-state index contributed by atoms with van der Waals surface area (Å²) in [6.45, 7) is 2.13. The smallest absolute Gasteiger partial charge is 0.308 e. The maximum absolute atomic E-state index is 11.7. The predicted molar refractivity (Wildman–Crippen MR) is 115 cm³/mol. The van der Waals surface area contributed by atoms with Crippen LogP contribution < -0.4 is 5.73 Å². The van der Waals surface area contributed by atoms with Gasteiger partial charge in [-0.1, -0.05) is 78.4 Å². The molecule has 0 aromatic heterocycles. The molecule has 0 radical (unpaired) electrons. The van der Waals surface area contributed by atoms with Gasteiger partial charge < -0.3 is 10.5 Å². The molecule has 1 atom stereocenters. The molecule has 7 heteroatoms. The van der Waals surface area contributed by atoms with Crippen LogP contribution in [0.15, 0.2) is 89.8 Å². The van der Waals surface area contributed by atoms with E-state index in [-0.39, 0.29) is 23.3 Å². The molecule has 3 aromatic rings. The number of carbonyl (C=O) groups is 1. The van der Waals surface area contributed by atoms with E-state index in [9.17, 15) is 13.2 Å². The first kappa shape index (κ1) is 23.3. The zero-order valence-corrected chi connectivity index (χ0v) is 17.5. The highest BCUT2D eigenvalue weighted by Gasteiger charge is 2.12. The number of hydrogen-bond acceptors (Lipinski definition) is 5. The molecule has 6 nitrogen and oxygen atoms in total. The molecule has 1 unspecified atom stereocenters. The van der Waals surface area contributed by atoms with Crippen molar-refractivity contribution in [3.05, 3.63) is 102 Å². The van der Waals surface area contributed by atoms with E-state index >= 15 is 0 Å². The third kappa shape index (κ3) is 8.16. The van der Waals surface area contributed by atoms with Gasteiger partial charge >= 0.3 is 5.97 Å². The Morgan fingerprint density at radius 2 is 1.47 bits per heavy atom. The summed E-state index contributed by atoms with van der Waals surface area (Å²) in [5.74, 6) is -0.278. The largest absolute Gasteiger partial charge is 0.461 e. The molecule has 0 aliphatic rings. The van der Waals surface area contributed by atoms with E-state index in [0.717, 1.165) is 16.7 Å². The van der Waals surface area contributed by atoms with Crippen LogP contribution in [0, 0.1) is 6.92 Å². The highest BCUT2D eigenvalue weighted by Crippen LogP contribution is 2.14. The second-order valence-electron chi connectivity index (χ2n) is 6.66. The van der Waals surface area contributed by atoms with Crippen LogP contribution in [-0.2, 0) is 26.3 Å². The van der Waals surface area contributed by atoms with E-state index < -0.39 is 10.1 Å². The monoisotopic (exact) mass is 427 g/mol. The molecule has 30 heavy (non-hydrogen) atoms. The van der Waals surface area contributed by atoms with Crippen molar-refractivity contribution >= 4 is 16.1 Å². The number of ether oxygens (including phenoxy) is 1. The Morgan fingerprint density at radius 1 is 0.933 bits per heavy atom. The van der Waals surface area contributed by atoms with Crippen molar-refractivity contribution in [2.75, 3.05) is 0 Å². The number of hydrogen-bond donors (Lipinski definition) is 2. The number of nitrogens with two attached hydrogens (primary N) is 1. The molecule has 0 heterocycles. The molecule has 0 aliphatic heterocycles. The molecular weight excluding hydrogens is 402 g/mol. The quantitative estimate of drug-likeness (QED) is 0.454. The molecule has 158 valence electrons. The number of aryl methyl sites for hydroxylation is 1. The van der Waals surface area contributed by atoms with Crippen LogP contribution in [-0.4, -0.2) is 18.9 Å². The van der Waals surface area contributed by atoms with E-state index in [1.807, 2.05) is 67.6 Å². The van der Waals surface area contributed by atoms with Crippen LogP contribution in [0.3, 0.4) is 0 Å². The van der Waals surface area contributed by atoms with Gasteiger partial charge in [0.2, 0.25) is 0 Å². The molecule has 0 fully saturated rings. The third-order valence-corrected chi connectivity index (χ3v) is 5.04. The van der Waals surface area contributed by atoms with Crippen LogP contribution in [0.1, 0.15) is 29.2 Å². The summed E-state index contributed by atoms with van der Waals surface area (Å²) in [5, 5.41) is 0. The topological polar surface area (TPSA) is 107 Å². The molecule has 0 saturated heterocycles. The van der Waals surface area contributed by atoms with Crippen molar-refractivity contribution in [2.24, 2.45) is 5.73 Å². The molecule has 0 bridgehead atoms. The van der Waals surface area contributed by atoms with Crippen LogP contribution in [0.25, 0.3) is 0 Å². The Bertz CT molecular complexity index is 1020. The standard InChI is InChI=1S/C16H17NO2.C7H8O3S/c17-15(14-9-5-2-6-10-14)11-16(18)19-12-13-7-3-1-4-8-13;1-6-2-4-7(5-3-6)11(8,9)10/h1-10,15H,11-12,17H2;2-5H,1H3,(H,8,9,10). The minimum Gasteiger partial charge on any atom is -0.461 e. The zero-order valence-electron chi connectivity index (χ0n) is 16.6. The Kier molecular flexibility index (Phi) is 8.73. The predicted octanol–water partition coefficient (Wildman–Crippen LogP) is 4.06.